The third-order valence-electron chi connectivity index (χ3n) is 2.45. The molecule has 0 bridgehead atoms. The molecule has 2 aromatic rings. The van der Waals surface area contributed by atoms with Crippen LogP contribution in [0.1, 0.15) is 0 Å². The van der Waals surface area contributed by atoms with E-state index in [1.165, 1.54) is 12.2 Å². The SMILES string of the molecule is CON(C(=O)Nc1ccc(Br)cc1)c1ccccc1. The van der Waals surface area contributed by atoms with E-state index in [4.69, 9.17) is 4.84 Å². The molecule has 98 valence electrons. The first-order valence-corrected chi connectivity index (χ1v) is 6.46. The second-order valence-corrected chi connectivity index (χ2v) is 4.67. The van der Waals surface area contributed by atoms with Gasteiger partial charge in [0.2, 0.25) is 0 Å². The third kappa shape index (κ3) is 3.56. The number of para-hydroxylation sites is 1. The van der Waals surface area contributed by atoms with Gasteiger partial charge in [0.1, 0.15) is 0 Å². The lowest BCUT2D eigenvalue weighted by molar-refractivity contribution is 0.171. The molecule has 2 amide bonds. The topological polar surface area (TPSA) is 41.6 Å². The van der Waals surface area contributed by atoms with Crippen molar-refractivity contribution in [3.05, 3.63) is 59.1 Å². The molecule has 0 atom stereocenters. The van der Waals surface area contributed by atoms with E-state index in [0.717, 1.165) is 4.47 Å². The van der Waals surface area contributed by atoms with Crippen molar-refractivity contribution in [1.29, 1.82) is 0 Å². The Morgan fingerprint density at radius 1 is 1.11 bits per heavy atom. The molecule has 0 aliphatic heterocycles. The monoisotopic (exact) mass is 320 g/mol. The van der Waals surface area contributed by atoms with Gasteiger partial charge < -0.3 is 5.32 Å². The fraction of sp³-hybridized carbons (Fsp3) is 0.0714. The van der Waals surface area contributed by atoms with E-state index in [0.29, 0.717) is 11.4 Å². The van der Waals surface area contributed by atoms with Crippen LogP contribution in [0.3, 0.4) is 0 Å². The van der Waals surface area contributed by atoms with Crippen LogP contribution in [0, 0.1) is 0 Å². The number of amides is 2. The summed E-state index contributed by atoms with van der Waals surface area (Å²) in [6.45, 7) is 0. The van der Waals surface area contributed by atoms with E-state index in [1.54, 1.807) is 24.3 Å². The van der Waals surface area contributed by atoms with Gasteiger partial charge >= 0.3 is 6.03 Å². The number of urea groups is 1. The number of hydrogen-bond acceptors (Lipinski definition) is 2. The summed E-state index contributed by atoms with van der Waals surface area (Å²) in [5.41, 5.74) is 1.37. The van der Waals surface area contributed by atoms with E-state index >= 15 is 0 Å². The molecule has 0 saturated heterocycles. The first-order chi connectivity index (χ1) is 9.20. The van der Waals surface area contributed by atoms with Gasteiger partial charge in [-0.15, -0.1) is 0 Å². The van der Waals surface area contributed by atoms with E-state index in [9.17, 15) is 4.79 Å². The van der Waals surface area contributed by atoms with E-state index in [1.807, 2.05) is 30.3 Å². The minimum Gasteiger partial charge on any atom is -0.306 e. The van der Waals surface area contributed by atoms with Crippen molar-refractivity contribution in [1.82, 2.24) is 0 Å². The van der Waals surface area contributed by atoms with Crippen LogP contribution < -0.4 is 10.4 Å². The molecule has 0 spiro atoms. The number of hydroxylamine groups is 1. The summed E-state index contributed by atoms with van der Waals surface area (Å²) in [7, 11) is 1.45. The van der Waals surface area contributed by atoms with Crippen molar-refractivity contribution in [3.63, 3.8) is 0 Å². The third-order valence-corrected chi connectivity index (χ3v) is 2.98. The van der Waals surface area contributed by atoms with Crippen molar-refractivity contribution >= 4 is 33.3 Å². The molecular weight excluding hydrogens is 308 g/mol. The molecule has 2 rings (SSSR count). The van der Waals surface area contributed by atoms with Crippen LogP contribution >= 0.6 is 15.9 Å². The molecule has 19 heavy (non-hydrogen) atoms. The highest BCUT2D eigenvalue weighted by Crippen LogP contribution is 2.17. The van der Waals surface area contributed by atoms with Crippen LogP contribution in [0.4, 0.5) is 16.2 Å². The van der Waals surface area contributed by atoms with E-state index < -0.39 is 0 Å². The largest absolute Gasteiger partial charge is 0.350 e. The van der Waals surface area contributed by atoms with E-state index in [-0.39, 0.29) is 6.03 Å². The predicted octanol–water partition coefficient (Wildman–Crippen LogP) is 4.05. The molecule has 0 radical (unpaired) electrons. The number of halogens is 1. The van der Waals surface area contributed by atoms with Crippen LogP contribution in [0.2, 0.25) is 0 Å². The number of rotatable bonds is 3. The van der Waals surface area contributed by atoms with Gasteiger partial charge in [-0.2, -0.15) is 5.06 Å². The molecule has 0 fully saturated rings. The fourth-order valence-electron chi connectivity index (χ4n) is 1.58. The fourth-order valence-corrected chi connectivity index (χ4v) is 1.84. The van der Waals surface area contributed by atoms with Gasteiger partial charge in [-0.25, -0.2) is 4.79 Å². The molecule has 0 aliphatic carbocycles. The van der Waals surface area contributed by atoms with Crippen molar-refractivity contribution < 1.29 is 9.63 Å². The molecule has 0 saturated carbocycles. The second kappa shape index (κ2) is 6.36. The zero-order valence-electron chi connectivity index (χ0n) is 10.3. The molecule has 2 aromatic carbocycles. The maximum atomic E-state index is 12.1. The maximum absolute atomic E-state index is 12.1. The number of nitrogens with one attached hydrogen (secondary N) is 1. The van der Waals surface area contributed by atoms with Crippen molar-refractivity contribution in [2.45, 2.75) is 0 Å². The smallest absolute Gasteiger partial charge is 0.306 e. The van der Waals surface area contributed by atoms with Gasteiger partial charge in [-0.1, -0.05) is 34.1 Å². The summed E-state index contributed by atoms with van der Waals surface area (Å²) in [5, 5.41) is 3.96. The Labute approximate surface area is 120 Å². The first kappa shape index (κ1) is 13.6. The average molecular weight is 321 g/mol. The van der Waals surface area contributed by atoms with Gasteiger partial charge in [0, 0.05) is 10.2 Å². The maximum Gasteiger partial charge on any atom is 0.350 e. The van der Waals surface area contributed by atoms with Crippen LogP contribution in [0.5, 0.6) is 0 Å². The summed E-state index contributed by atoms with van der Waals surface area (Å²) < 4.78 is 0.956. The zero-order chi connectivity index (χ0) is 13.7. The number of nitrogens with zero attached hydrogens (tertiary/aromatic N) is 1. The number of anilines is 2. The summed E-state index contributed by atoms with van der Waals surface area (Å²) in [6.07, 6.45) is 0. The van der Waals surface area contributed by atoms with E-state index in [2.05, 4.69) is 21.2 Å². The van der Waals surface area contributed by atoms with Gasteiger partial charge in [0.05, 0.1) is 12.8 Å². The highest BCUT2D eigenvalue weighted by Gasteiger charge is 2.15. The normalized spacial score (nSPS) is 10.0. The molecule has 0 aliphatic rings. The lowest BCUT2D eigenvalue weighted by Crippen LogP contribution is -2.33. The lowest BCUT2D eigenvalue weighted by atomic mass is 10.3. The predicted molar refractivity (Wildman–Crippen MR) is 79.1 cm³/mol. The standard InChI is InChI=1S/C14H13BrN2O2/c1-19-17(13-5-3-2-4-6-13)14(18)16-12-9-7-11(15)8-10-12/h2-10H,1H3,(H,16,18). The van der Waals surface area contributed by atoms with Gasteiger partial charge in [0.25, 0.3) is 0 Å². The minimum atomic E-state index is -0.351. The highest BCUT2D eigenvalue weighted by molar-refractivity contribution is 9.10. The second-order valence-electron chi connectivity index (χ2n) is 3.75. The zero-order valence-corrected chi connectivity index (χ0v) is 11.9. The van der Waals surface area contributed by atoms with Gasteiger partial charge in [-0.05, 0) is 36.4 Å². The van der Waals surface area contributed by atoms with Crippen LogP contribution in [-0.4, -0.2) is 13.1 Å². The van der Waals surface area contributed by atoms with Crippen molar-refractivity contribution in [2.75, 3.05) is 17.5 Å². The summed E-state index contributed by atoms with van der Waals surface area (Å²) >= 11 is 3.34. The molecular formula is C14H13BrN2O2. The molecule has 0 unspecified atom stereocenters. The van der Waals surface area contributed by atoms with Gasteiger partial charge in [0.15, 0.2) is 0 Å². The Hall–Kier alpha value is -1.85. The Bertz CT molecular complexity index is 543. The quantitative estimate of drug-likeness (QED) is 0.867. The number of hydrogen-bond donors (Lipinski definition) is 1. The van der Waals surface area contributed by atoms with Gasteiger partial charge in [-0.3, -0.25) is 4.84 Å². The Morgan fingerprint density at radius 2 is 1.74 bits per heavy atom. The molecule has 0 aromatic heterocycles. The van der Waals surface area contributed by atoms with Crippen LogP contribution in [0.25, 0.3) is 0 Å². The Kier molecular flexibility index (Phi) is 4.54. The summed E-state index contributed by atoms with van der Waals surface area (Å²) in [5.74, 6) is 0. The molecule has 0 heterocycles. The molecule has 4 nitrogen and oxygen atoms in total. The lowest BCUT2D eigenvalue weighted by Gasteiger charge is -2.20. The number of carbonyl (C=O) groups is 1. The van der Waals surface area contributed by atoms with Crippen LogP contribution in [0.15, 0.2) is 59.1 Å². The highest BCUT2D eigenvalue weighted by atomic mass is 79.9. The molecule has 5 heteroatoms. The first-order valence-electron chi connectivity index (χ1n) is 5.66. The van der Waals surface area contributed by atoms with Crippen molar-refractivity contribution in [2.24, 2.45) is 0 Å². The summed E-state index contributed by atoms with van der Waals surface area (Å²) in [6, 6.07) is 16.1. The summed E-state index contributed by atoms with van der Waals surface area (Å²) in [4.78, 5) is 17.2. The number of benzene rings is 2. The Morgan fingerprint density at radius 3 is 2.32 bits per heavy atom. The van der Waals surface area contributed by atoms with Crippen LogP contribution in [-0.2, 0) is 4.84 Å². The minimum absolute atomic E-state index is 0.351. The number of carbonyl (C=O) groups excluding carboxylic acids is 1. The Balaban J connectivity index is 2.11. The van der Waals surface area contributed by atoms with Crippen molar-refractivity contribution in [3.8, 4) is 0 Å². The molecule has 1 N–H and O–H groups in total. The average Bonchev–Trinajstić information content (AvgIpc) is 2.43.